The normalized spacial score (nSPS) is 49.2. The first-order chi connectivity index (χ1) is 10.9. The van der Waals surface area contributed by atoms with Crippen molar-refractivity contribution in [1.82, 2.24) is 0 Å². The molecule has 2 fully saturated rings. The number of aliphatic hydroxyl groups is 1. The molecule has 4 unspecified atom stereocenters. The van der Waals surface area contributed by atoms with Crippen LogP contribution in [-0.2, 0) is 4.79 Å². The summed E-state index contributed by atoms with van der Waals surface area (Å²) < 4.78 is 15.2. The predicted octanol–water partition coefficient (Wildman–Crippen LogP) is 3.44. The van der Waals surface area contributed by atoms with Crippen LogP contribution in [0, 0.1) is 41.9 Å². The maximum absolute atomic E-state index is 15.2. The summed E-state index contributed by atoms with van der Waals surface area (Å²) in [5.74, 6) is 3.71. The number of rotatable bonds is 0. The molecule has 0 aromatic rings. The number of terminal acetylenes is 1. The number of hydrogen-bond donors (Lipinski definition) is 1. The second-order valence-corrected chi connectivity index (χ2v) is 8.26. The van der Waals surface area contributed by atoms with Crippen LogP contribution in [0.5, 0.6) is 0 Å². The van der Waals surface area contributed by atoms with Gasteiger partial charge in [0.25, 0.3) is 0 Å². The van der Waals surface area contributed by atoms with E-state index in [-0.39, 0.29) is 17.8 Å². The molecule has 0 aliphatic heterocycles. The van der Waals surface area contributed by atoms with Crippen LogP contribution in [0.2, 0.25) is 0 Å². The Kier molecular flexibility index (Phi) is 3.47. The van der Waals surface area contributed by atoms with E-state index in [2.05, 4.69) is 12.8 Å². The largest absolute Gasteiger partial charge is 0.377 e. The molecule has 23 heavy (non-hydrogen) atoms. The number of carbonyl (C=O) groups is 1. The smallest absolute Gasteiger partial charge is 0.137 e. The summed E-state index contributed by atoms with van der Waals surface area (Å²) in [5.41, 5.74) is 1.35. The first-order valence-corrected chi connectivity index (χ1v) is 9.01. The average molecular weight is 316 g/mol. The van der Waals surface area contributed by atoms with E-state index in [0.29, 0.717) is 43.3 Å². The van der Waals surface area contributed by atoms with E-state index < -0.39 is 11.8 Å². The molecule has 1 N–H and O–H groups in total. The molecule has 2 nitrogen and oxygen atoms in total. The SMILES string of the molecule is C#C[C@]1(O)CCC2C3C(C4=C(CC(=O)CC4)C[C@H]3C)[C@@H](F)CC21. The average Bonchev–Trinajstić information content (AvgIpc) is 2.84. The highest BCUT2D eigenvalue weighted by Gasteiger charge is 2.58. The van der Waals surface area contributed by atoms with Crippen LogP contribution < -0.4 is 0 Å². The zero-order chi connectivity index (χ0) is 16.4. The highest BCUT2D eigenvalue weighted by Crippen LogP contribution is 2.60. The number of carbonyl (C=O) groups excluding carboxylic acids is 1. The highest BCUT2D eigenvalue weighted by molar-refractivity contribution is 5.82. The summed E-state index contributed by atoms with van der Waals surface area (Å²) in [6, 6.07) is 0. The highest BCUT2D eigenvalue weighted by atomic mass is 19.1. The van der Waals surface area contributed by atoms with Gasteiger partial charge in [-0.3, -0.25) is 4.79 Å². The lowest BCUT2D eigenvalue weighted by molar-refractivity contribution is -0.119. The summed E-state index contributed by atoms with van der Waals surface area (Å²) in [5, 5.41) is 10.7. The van der Waals surface area contributed by atoms with Crippen molar-refractivity contribution in [2.75, 3.05) is 0 Å². The first kappa shape index (κ1) is 15.4. The summed E-state index contributed by atoms with van der Waals surface area (Å²) in [4.78, 5) is 11.8. The zero-order valence-electron chi connectivity index (χ0n) is 13.7. The van der Waals surface area contributed by atoms with Gasteiger partial charge in [-0.2, -0.15) is 0 Å². The molecule has 0 bridgehead atoms. The van der Waals surface area contributed by atoms with E-state index in [1.807, 2.05) is 0 Å². The van der Waals surface area contributed by atoms with Gasteiger partial charge >= 0.3 is 0 Å². The molecular weight excluding hydrogens is 291 g/mol. The lowest BCUT2D eigenvalue weighted by atomic mass is 9.54. The van der Waals surface area contributed by atoms with E-state index in [1.54, 1.807) is 0 Å². The molecule has 4 aliphatic carbocycles. The number of alkyl halides is 1. The molecular formula is C20H25FO2. The molecule has 2 saturated carbocycles. The van der Waals surface area contributed by atoms with E-state index in [4.69, 9.17) is 6.42 Å². The Bertz CT molecular complexity index is 616. The van der Waals surface area contributed by atoms with Crippen molar-refractivity contribution in [3.8, 4) is 12.3 Å². The van der Waals surface area contributed by atoms with Crippen LogP contribution in [0.25, 0.3) is 0 Å². The van der Waals surface area contributed by atoms with Crippen LogP contribution in [0.1, 0.15) is 51.9 Å². The number of ketones is 1. The molecule has 0 aromatic carbocycles. The fourth-order valence-electron chi connectivity index (χ4n) is 6.28. The molecule has 0 radical (unpaired) electrons. The number of allylic oxidation sites excluding steroid dienone is 2. The maximum Gasteiger partial charge on any atom is 0.137 e. The van der Waals surface area contributed by atoms with Gasteiger partial charge < -0.3 is 5.11 Å². The third kappa shape index (κ3) is 2.14. The van der Waals surface area contributed by atoms with Gasteiger partial charge in [-0.25, -0.2) is 4.39 Å². The molecule has 0 saturated heterocycles. The minimum Gasteiger partial charge on any atom is -0.377 e. The summed E-state index contributed by atoms with van der Waals surface area (Å²) >= 11 is 0. The molecule has 124 valence electrons. The van der Waals surface area contributed by atoms with E-state index in [9.17, 15) is 9.90 Å². The number of Topliss-reactive ketones (excluding diaryl/α,β-unsaturated/α-hetero) is 1. The number of fused-ring (bicyclic) bond motifs is 4. The van der Waals surface area contributed by atoms with Crippen molar-refractivity contribution in [3.63, 3.8) is 0 Å². The van der Waals surface area contributed by atoms with Crippen LogP contribution in [-0.4, -0.2) is 22.7 Å². The summed E-state index contributed by atoms with van der Waals surface area (Å²) in [6.07, 6.45) is 9.32. The molecule has 4 aliphatic rings. The van der Waals surface area contributed by atoms with Gasteiger partial charge in [0, 0.05) is 24.7 Å². The van der Waals surface area contributed by atoms with Gasteiger partial charge in [0.05, 0.1) is 0 Å². The lowest BCUT2D eigenvalue weighted by Crippen LogP contribution is -2.50. The molecule has 7 atom stereocenters. The molecule has 0 spiro atoms. The lowest BCUT2D eigenvalue weighted by Gasteiger charge is -2.51. The van der Waals surface area contributed by atoms with E-state index >= 15 is 4.39 Å². The van der Waals surface area contributed by atoms with Crippen molar-refractivity contribution in [2.24, 2.45) is 29.6 Å². The van der Waals surface area contributed by atoms with E-state index in [1.165, 1.54) is 11.1 Å². The van der Waals surface area contributed by atoms with Crippen LogP contribution in [0.15, 0.2) is 11.1 Å². The van der Waals surface area contributed by atoms with Gasteiger partial charge in [-0.1, -0.05) is 24.0 Å². The summed E-state index contributed by atoms with van der Waals surface area (Å²) in [7, 11) is 0. The molecule has 4 rings (SSSR count). The van der Waals surface area contributed by atoms with Crippen molar-refractivity contribution >= 4 is 5.78 Å². The Labute approximate surface area is 137 Å². The van der Waals surface area contributed by atoms with Crippen molar-refractivity contribution in [1.29, 1.82) is 0 Å². The second kappa shape index (κ2) is 5.18. The van der Waals surface area contributed by atoms with Crippen molar-refractivity contribution < 1.29 is 14.3 Å². The first-order valence-electron chi connectivity index (χ1n) is 9.01. The molecule has 0 amide bonds. The monoisotopic (exact) mass is 316 g/mol. The van der Waals surface area contributed by atoms with Crippen LogP contribution in [0.3, 0.4) is 0 Å². The standard InChI is InChI=1S/C20H25FO2/c1-3-20(23)7-6-15-16(20)10-17(21)19-14-5-4-13(22)9-12(14)8-11(2)18(15)19/h1,11,15-19,23H,4-10H2,2H3/t11-,15?,16?,17+,18?,19?,20+/m1/s1. The third-order valence-electron chi connectivity index (χ3n) is 7.18. The van der Waals surface area contributed by atoms with Gasteiger partial charge in [-0.05, 0) is 49.9 Å². The third-order valence-corrected chi connectivity index (χ3v) is 7.18. The fourth-order valence-corrected chi connectivity index (χ4v) is 6.28. The molecule has 0 heterocycles. The van der Waals surface area contributed by atoms with Gasteiger partial charge in [0.1, 0.15) is 17.6 Å². The number of halogens is 1. The quantitative estimate of drug-likeness (QED) is 0.549. The van der Waals surface area contributed by atoms with E-state index in [0.717, 1.165) is 19.3 Å². The van der Waals surface area contributed by atoms with Gasteiger partial charge in [-0.15, -0.1) is 6.42 Å². The van der Waals surface area contributed by atoms with Crippen LogP contribution >= 0.6 is 0 Å². The maximum atomic E-state index is 15.2. The van der Waals surface area contributed by atoms with Gasteiger partial charge in [0.2, 0.25) is 0 Å². The molecule has 3 heteroatoms. The van der Waals surface area contributed by atoms with Gasteiger partial charge in [0.15, 0.2) is 0 Å². The Balaban J connectivity index is 1.72. The second-order valence-electron chi connectivity index (χ2n) is 8.26. The zero-order valence-corrected chi connectivity index (χ0v) is 13.7. The minimum atomic E-state index is -1.11. The minimum absolute atomic E-state index is 0.0387. The molecule has 0 aromatic heterocycles. The Morgan fingerprint density at radius 2 is 2.17 bits per heavy atom. The topological polar surface area (TPSA) is 37.3 Å². The van der Waals surface area contributed by atoms with Crippen molar-refractivity contribution in [2.45, 2.75) is 63.6 Å². The fraction of sp³-hybridized carbons (Fsp3) is 0.750. The number of hydrogen-bond acceptors (Lipinski definition) is 2. The predicted molar refractivity (Wildman–Crippen MR) is 86.2 cm³/mol. The van der Waals surface area contributed by atoms with Crippen molar-refractivity contribution in [3.05, 3.63) is 11.1 Å². The Hall–Kier alpha value is -1.14. The summed E-state index contributed by atoms with van der Waals surface area (Å²) in [6.45, 7) is 2.20. The Morgan fingerprint density at radius 3 is 2.91 bits per heavy atom. The van der Waals surface area contributed by atoms with Crippen LogP contribution in [0.4, 0.5) is 4.39 Å². The Morgan fingerprint density at radius 1 is 1.39 bits per heavy atom.